The Morgan fingerprint density at radius 3 is 2.44 bits per heavy atom. The number of hydrogen-bond acceptors (Lipinski definition) is 3. The molecule has 6 heteroatoms. The van der Waals surface area contributed by atoms with Gasteiger partial charge in [-0.15, -0.1) is 0 Å². The third-order valence-corrected chi connectivity index (χ3v) is 8.14. The number of fused-ring (bicyclic) bond motifs is 1. The summed E-state index contributed by atoms with van der Waals surface area (Å²) in [5.74, 6) is -0.750. The number of hydrogen-bond donors (Lipinski definition) is 2. The SMILES string of the molecule is CC(=O)c1cc(-c2cc(C(=O)NC3CC(C(=O)O)C3)c(C)n2CC2CCCCC2)c2ccccc2c1. The summed E-state index contributed by atoms with van der Waals surface area (Å²) >= 11 is 0. The van der Waals surface area contributed by atoms with Crippen LogP contribution in [0.4, 0.5) is 0 Å². The summed E-state index contributed by atoms with van der Waals surface area (Å²) in [5.41, 5.74) is 4.12. The van der Waals surface area contributed by atoms with Crippen molar-refractivity contribution in [2.75, 3.05) is 0 Å². The maximum atomic E-state index is 13.3. The highest BCUT2D eigenvalue weighted by atomic mass is 16.4. The molecule has 0 saturated heterocycles. The highest BCUT2D eigenvalue weighted by Gasteiger charge is 2.36. The van der Waals surface area contributed by atoms with E-state index in [9.17, 15) is 19.5 Å². The molecule has 0 spiro atoms. The first kappa shape index (κ1) is 24.3. The highest BCUT2D eigenvalue weighted by Crippen LogP contribution is 2.36. The van der Waals surface area contributed by atoms with Crippen LogP contribution in [0.25, 0.3) is 22.0 Å². The molecule has 2 fully saturated rings. The predicted molar refractivity (Wildman–Crippen MR) is 140 cm³/mol. The molecule has 2 aliphatic carbocycles. The second kappa shape index (κ2) is 9.92. The molecule has 2 N–H and O–H groups in total. The Kier molecular flexibility index (Phi) is 6.69. The van der Waals surface area contributed by atoms with E-state index in [2.05, 4.69) is 16.0 Å². The minimum atomic E-state index is -0.796. The van der Waals surface area contributed by atoms with Gasteiger partial charge in [-0.2, -0.15) is 0 Å². The summed E-state index contributed by atoms with van der Waals surface area (Å²) in [7, 11) is 0. The quantitative estimate of drug-likeness (QED) is 0.401. The van der Waals surface area contributed by atoms with Gasteiger partial charge in [0, 0.05) is 35.1 Å². The van der Waals surface area contributed by atoms with Crippen LogP contribution >= 0.6 is 0 Å². The molecule has 2 saturated carbocycles. The molecule has 36 heavy (non-hydrogen) atoms. The first-order valence-electron chi connectivity index (χ1n) is 13.1. The van der Waals surface area contributed by atoms with Gasteiger partial charge in [0.1, 0.15) is 0 Å². The lowest BCUT2D eigenvalue weighted by Crippen LogP contribution is -2.46. The summed E-state index contributed by atoms with van der Waals surface area (Å²) in [6, 6.07) is 13.8. The molecule has 1 amide bonds. The van der Waals surface area contributed by atoms with Gasteiger partial charge in [-0.25, -0.2) is 0 Å². The molecule has 3 aromatic rings. The number of carboxylic acids is 1. The van der Waals surface area contributed by atoms with Crippen LogP contribution in [0.15, 0.2) is 42.5 Å². The van der Waals surface area contributed by atoms with Crippen molar-refractivity contribution in [1.82, 2.24) is 9.88 Å². The monoisotopic (exact) mass is 486 g/mol. The number of aliphatic carboxylic acids is 1. The molecule has 2 aromatic carbocycles. The van der Waals surface area contributed by atoms with Crippen molar-refractivity contribution in [2.45, 2.75) is 71.4 Å². The number of aromatic nitrogens is 1. The van der Waals surface area contributed by atoms with Crippen LogP contribution in [0.3, 0.4) is 0 Å². The number of ketones is 1. The fourth-order valence-electron chi connectivity index (χ4n) is 5.89. The Labute approximate surface area is 211 Å². The van der Waals surface area contributed by atoms with Crippen LogP contribution < -0.4 is 5.32 Å². The molecule has 1 heterocycles. The Morgan fingerprint density at radius 2 is 1.75 bits per heavy atom. The number of nitrogens with one attached hydrogen (secondary N) is 1. The molecular weight excluding hydrogens is 452 g/mol. The van der Waals surface area contributed by atoms with Crippen molar-refractivity contribution in [1.29, 1.82) is 0 Å². The van der Waals surface area contributed by atoms with E-state index in [4.69, 9.17) is 0 Å². The van der Waals surface area contributed by atoms with Crippen molar-refractivity contribution in [2.24, 2.45) is 11.8 Å². The van der Waals surface area contributed by atoms with Crippen molar-refractivity contribution in [3.05, 3.63) is 59.3 Å². The third kappa shape index (κ3) is 4.69. The van der Waals surface area contributed by atoms with Gasteiger partial charge >= 0.3 is 5.97 Å². The molecule has 2 aliphatic rings. The molecule has 5 rings (SSSR count). The van der Waals surface area contributed by atoms with Crippen molar-refractivity contribution in [3.63, 3.8) is 0 Å². The standard InChI is InChI=1S/C30H34N2O4/c1-18-26(29(34)31-24-13-23(14-24)30(35)36)16-28(32(18)17-20-8-4-3-5-9-20)27-15-22(19(2)33)12-21-10-6-7-11-25(21)27/h6-7,10-12,15-16,20,23-24H,3-5,8-9,13-14,17H2,1-2H3,(H,31,34)(H,35,36). The number of carbonyl (C=O) groups excluding carboxylic acids is 2. The molecule has 0 radical (unpaired) electrons. The molecule has 6 nitrogen and oxygen atoms in total. The van der Waals surface area contributed by atoms with Gasteiger partial charge in [0.2, 0.25) is 0 Å². The van der Waals surface area contributed by atoms with Gasteiger partial charge < -0.3 is 15.0 Å². The van der Waals surface area contributed by atoms with Crippen LogP contribution in [-0.4, -0.2) is 33.4 Å². The average Bonchev–Trinajstić information content (AvgIpc) is 3.16. The number of carbonyl (C=O) groups is 3. The zero-order chi connectivity index (χ0) is 25.4. The van der Waals surface area contributed by atoms with E-state index in [0.717, 1.165) is 34.3 Å². The largest absolute Gasteiger partial charge is 0.481 e. The summed E-state index contributed by atoms with van der Waals surface area (Å²) in [5, 5.41) is 14.3. The lowest BCUT2D eigenvalue weighted by molar-refractivity contribution is -0.145. The number of amides is 1. The zero-order valence-electron chi connectivity index (χ0n) is 21.0. The van der Waals surface area contributed by atoms with Crippen LogP contribution in [-0.2, 0) is 11.3 Å². The van der Waals surface area contributed by atoms with E-state index in [1.807, 2.05) is 43.3 Å². The Bertz CT molecular complexity index is 1330. The van der Waals surface area contributed by atoms with Gasteiger partial charge in [-0.05, 0) is 74.4 Å². The van der Waals surface area contributed by atoms with E-state index in [-0.39, 0.29) is 23.7 Å². The maximum Gasteiger partial charge on any atom is 0.306 e. The second-order valence-electron chi connectivity index (χ2n) is 10.6. The fraction of sp³-hybridized carbons (Fsp3) is 0.433. The second-order valence-corrected chi connectivity index (χ2v) is 10.6. The number of Topliss-reactive ketones (excluding diaryl/α,β-unsaturated/α-hetero) is 1. The molecule has 0 bridgehead atoms. The minimum absolute atomic E-state index is 0.0139. The Hall–Kier alpha value is -3.41. The van der Waals surface area contributed by atoms with Crippen LogP contribution in [0.1, 0.15) is 78.3 Å². The Balaban J connectivity index is 1.57. The van der Waals surface area contributed by atoms with Gasteiger partial charge in [0.25, 0.3) is 5.91 Å². The predicted octanol–water partition coefficient (Wildman–Crippen LogP) is 5.99. The summed E-state index contributed by atoms with van der Waals surface area (Å²) in [6.07, 6.45) is 7.08. The van der Waals surface area contributed by atoms with Crippen molar-refractivity contribution in [3.8, 4) is 11.3 Å². The van der Waals surface area contributed by atoms with E-state index < -0.39 is 5.97 Å². The molecule has 188 valence electrons. The van der Waals surface area contributed by atoms with Gasteiger partial charge in [-0.3, -0.25) is 14.4 Å². The van der Waals surface area contributed by atoms with Gasteiger partial charge in [0.05, 0.1) is 11.5 Å². The first-order chi connectivity index (χ1) is 17.3. The van der Waals surface area contributed by atoms with E-state index in [0.29, 0.717) is 29.9 Å². The number of nitrogens with zero attached hydrogens (tertiary/aromatic N) is 1. The zero-order valence-corrected chi connectivity index (χ0v) is 21.0. The van der Waals surface area contributed by atoms with E-state index >= 15 is 0 Å². The molecule has 0 aliphatic heterocycles. The average molecular weight is 487 g/mol. The Morgan fingerprint density at radius 1 is 1.03 bits per heavy atom. The molecular formula is C30H34N2O4. The summed E-state index contributed by atoms with van der Waals surface area (Å²) in [6.45, 7) is 4.43. The number of benzene rings is 2. The van der Waals surface area contributed by atoms with Crippen molar-refractivity contribution >= 4 is 28.4 Å². The minimum Gasteiger partial charge on any atom is -0.481 e. The number of rotatable bonds is 7. The molecule has 0 atom stereocenters. The first-order valence-corrected chi connectivity index (χ1v) is 13.1. The topological polar surface area (TPSA) is 88.4 Å². The molecule has 0 unspecified atom stereocenters. The smallest absolute Gasteiger partial charge is 0.306 e. The van der Waals surface area contributed by atoms with Crippen LogP contribution in [0, 0.1) is 18.8 Å². The van der Waals surface area contributed by atoms with Crippen LogP contribution in [0.5, 0.6) is 0 Å². The van der Waals surface area contributed by atoms with Gasteiger partial charge in [-0.1, -0.05) is 43.5 Å². The lowest BCUT2D eigenvalue weighted by atomic mass is 9.80. The normalized spacial score (nSPS) is 20.2. The van der Waals surface area contributed by atoms with Gasteiger partial charge in [0.15, 0.2) is 5.78 Å². The lowest BCUT2D eigenvalue weighted by Gasteiger charge is -2.32. The maximum absolute atomic E-state index is 13.3. The summed E-state index contributed by atoms with van der Waals surface area (Å²) in [4.78, 5) is 36.9. The van der Waals surface area contributed by atoms with Crippen LogP contribution in [0.2, 0.25) is 0 Å². The fourth-order valence-corrected chi connectivity index (χ4v) is 5.89. The van der Waals surface area contributed by atoms with E-state index in [1.54, 1.807) is 6.92 Å². The number of carboxylic acid groups (broad SMARTS) is 1. The third-order valence-electron chi connectivity index (χ3n) is 8.14. The van der Waals surface area contributed by atoms with E-state index in [1.165, 1.54) is 32.1 Å². The molecule has 1 aromatic heterocycles. The summed E-state index contributed by atoms with van der Waals surface area (Å²) < 4.78 is 2.28. The highest BCUT2D eigenvalue weighted by molar-refractivity contribution is 6.05. The van der Waals surface area contributed by atoms with Crippen molar-refractivity contribution < 1.29 is 19.5 Å².